The molecule has 0 aliphatic rings. The number of rotatable bonds is 12. The van der Waals surface area contributed by atoms with E-state index in [2.05, 4.69) is 66.6 Å². The first kappa shape index (κ1) is 37.3. The van der Waals surface area contributed by atoms with Crippen LogP contribution in [-0.4, -0.2) is 33.0 Å². The Morgan fingerprint density at radius 3 is 1.72 bits per heavy atom. The maximum atomic E-state index is 12.8. The average Bonchev–Trinajstić information content (AvgIpc) is 3.27. The van der Waals surface area contributed by atoms with Crippen LogP contribution in [0.1, 0.15) is 40.8 Å². The zero-order valence-electron chi connectivity index (χ0n) is 32.5. The molecule has 282 valence electrons. The molecule has 0 heterocycles. The van der Waals surface area contributed by atoms with Crippen LogP contribution in [0.4, 0.5) is 0 Å². The number of methoxy groups -OCH3 is 3. The highest BCUT2D eigenvalue weighted by atomic mass is 16.5. The van der Waals surface area contributed by atoms with Crippen LogP contribution in [0, 0.1) is 18.3 Å². The number of fused-ring (bicyclic) bond motifs is 3. The third-order valence-electron chi connectivity index (χ3n) is 11.1. The third-order valence-corrected chi connectivity index (χ3v) is 11.1. The van der Waals surface area contributed by atoms with E-state index in [4.69, 9.17) is 25.4 Å². The van der Waals surface area contributed by atoms with Gasteiger partial charge >= 0.3 is 0 Å². The molecule has 0 aromatic heterocycles. The lowest BCUT2D eigenvalue weighted by Gasteiger charge is -2.37. The van der Waals surface area contributed by atoms with Crippen molar-refractivity contribution in [2.45, 2.75) is 18.6 Å². The van der Waals surface area contributed by atoms with Crippen molar-refractivity contribution in [3.8, 4) is 40.7 Å². The lowest BCUT2D eigenvalue weighted by molar-refractivity contribution is -0.0336. The van der Waals surface area contributed by atoms with E-state index in [-0.39, 0.29) is 6.61 Å². The lowest BCUT2D eigenvalue weighted by atomic mass is 9.79. The van der Waals surface area contributed by atoms with Gasteiger partial charge in [0, 0.05) is 17.0 Å². The van der Waals surface area contributed by atoms with Gasteiger partial charge in [0.2, 0.25) is 0 Å². The molecule has 57 heavy (non-hydrogen) atoms. The zero-order valence-corrected chi connectivity index (χ0v) is 32.5. The van der Waals surface area contributed by atoms with Gasteiger partial charge in [-0.3, -0.25) is 0 Å². The summed E-state index contributed by atoms with van der Waals surface area (Å²) in [4.78, 5) is 0. The van der Waals surface area contributed by atoms with Gasteiger partial charge in [-0.05, 0) is 115 Å². The first-order valence-electron chi connectivity index (χ1n) is 19.1. The van der Waals surface area contributed by atoms with Crippen molar-refractivity contribution in [3.05, 3.63) is 186 Å². The van der Waals surface area contributed by atoms with E-state index in [1.165, 1.54) is 0 Å². The Labute approximate surface area is 334 Å². The van der Waals surface area contributed by atoms with E-state index >= 15 is 0 Å². The standard InChI is InChI=1S/C52H44O5/c1-6-45-48-31-36-14-11-10-13-35(36)29-38(48)32-49(47-18-12-15-37-30-44(56-5)27-28-46(37)47)50(45)51(53)34(2)33-57-52(39-16-8-7-9-17-39,40-19-23-42(54-3)24-20-40)41-21-25-43(55-4)26-22-41/h1,7-32,34,51,53H,33H2,2-5H3. The Balaban J connectivity index is 1.29. The summed E-state index contributed by atoms with van der Waals surface area (Å²) in [6.45, 7) is 2.20. The highest BCUT2D eigenvalue weighted by molar-refractivity contribution is 6.06. The Bertz CT molecular complexity index is 2680. The van der Waals surface area contributed by atoms with Crippen LogP contribution in [0.5, 0.6) is 17.2 Å². The second-order valence-electron chi connectivity index (χ2n) is 14.4. The number of aliphatic hydroxyl groups is 1. The molecule has 5 nitrogen and oxygen atoms in total. The van der Waals surface area contributed by atoms with Crippen molar-refractivity contribution in [1.29, 1.82) is 0 Å². The summed E-state index contributed by atoms with van der Waals surface area (Å²) in [5, 5.41) is 19.0. The molecule has 1 N–H and O–H groups in total. The van der Waals surface area contributed by atoms with Crippen molar-refractivity contribution in [3.63, 3.8) is 0 Å². The maximum Gasteiger partial charge on any atom is 0.143 e. The van der Waals surface area contributed by atoms with Crippen molar-refractivity contribution in [2.24, 2.45) is 5.92 Å². The first-order chi connectivity index (χ1) is 27.9. The molecule has 0 radical (unpaired) electrons. The Morgan fingerprint density at radius 1 is 0.544 bits per heavy atom. The SMILES string of the molecule is C#Cc1c(C(O)C(C)COC(c2ccccc2)(c2ccc(OC)cc2)c2ccc(OC)cc2)c(-c2cccc3cc(OC)ccc23)cc2cc3ccccc3cc12. The highest BCUT2D eigenvalue weighted by Gasteiger charge is 2.39. The van der Waals surface area contributed by atoms with Crippen LogP contribution in [0.3, 0.4) is 0 Å². The number of ether oxygens (including phenoxy) is 4. The van der Waals surface area contributed by atoms with Gasteiger partial charge in [-0.25, -0.2) is 0 Å². The van der Waals surface area contributed by atoms with Crippen LogP contribution in [0.2, 0.25) is 0 Å². The van der Waals surface area contributed by atoms with E-state index in [1.807, 2.05) is 104 Å². The molecule has 0 saturated heterocycles. The summed E-state index contributed by atoms with van der Waals surface area (Å²) in [7, 11) is 4.99. The molecule has 2 atom stereocenters. The van der Waals surface area contributed by atoms with Crippen LogP contribution in [0.15, 0.2) is 158 Å². The average molecular weight is 749 g/mol. The number of benzene rings is 8. The van der Waals surface area contributed by atoms with E-state index in [1.54, 1.807) is 21.3 Å². The molecule has 0 amide bonds. The maximum absolute atomic E-state index is 12.8. The van der Waals surface area contributed by atoms with Gasteiger partial charge < -0.3 is 24.1 Å². The van der Waals surface area contributed by atoms with E-state index in [9.17, 15) is 5.11 Å². The van der Waals surface area contributed by atoms with Gasteiger partial charge in [0.25, 0.3) is 0 Å². The number of hydrogen-bond donors (Lipinski definition) is 1. The topological polar surface area (TPSA) is 57.2 Å². The second-order valence-corrected chi connectivity index (χ2v) is 14.4. The molecule has 0 bridgehead atoms. The molecule has 0 aliphatic carbocycles. The van der Waals surface area contributed by atoms with Gasteiger partial charge in [-0.2, -0.15) is 0 Å². The molecule has 5 heteroatoms. The molecule has 8 rings (SSSR count). The summed E-state index contributed by atoms with van der Waals surface area (Å²) >= 11 is 0. The molecule has 0 fully saturated rings. The van der Waals surface area contributed by atoms with E-state index in [0.29, 0.717) is 11.1 Å². The largest absolute Gasteiger partial charge is 0.497 e. The Hall–Kier alpha value is -6.58. The summed E-state index contributed by atoms with van der Waals surface area (Å²) in [6, 6.07) is 53.2. The molecule has 2 unspecified atom stereocenters. The first-order valence-corrected chi connectivity index (χ1v) is 19.1. The second kappa shape index (κ2) is 15.9. The summed E-state index contributed by atoms with van der Waals surface area (Å²) in [5.74, 6) is 4.88. The van der Waals surface area contributed by atoms with E-state index < -0.39 is 17.6 Å². The number of aliphatic hydroxyl groups excluding tert-OH is 1. The zero-order chi connectivity index (χ0) is 39.5. The fourth-order valence-corrected chi connectivity index (χ4v) is 8.12. The number of terminal acetylenes is 1. The van der Waals surface area contributed by atoms with Crippen molar-refractivity contribution in [2.75, 3.05) is 27.9 Å². The van der Waals surface area contributed by atoms with Gasteiger partial charge in [-0.15, -0.1) is 6.42 Å². The van der Waals surface area contributed by atoms with Crippen LogP contribution in [-0.2, 0) is 10.3 Å². The van der Waals surface area contributed by atoms with Gasteiger partial charge in [-0.1, -0.05) is 116 Å². The Kier molecular flexibility index (Phi) is 10.4. The molecule has 8 aromatic carbocycles. The summed E-state index contributed by atoms with van der Waals surface area (Å²) in [5.41, 5.74) is 4.92. The van der Waals surface area contributed by atoms with Gasteiger partial charge in [0.15, 0.2) is 0 Å². The smallest absolute Gasteiger partial charge is 0.143 e. The molecule has 0 aliphatic heterocycles. The Morgan fingerprint density at radius 2 is 1.11 bits per heavy atom. The fraction of sp³-hybridized carbons (Fsp3) is 0.154. The highest BCUT2D eigenvalue weighted by Crippen LogP contribution is 2.45. The quantitative estimate of drug-likeness (QED) is 0.0766. The predicted molar refractivity (Wildman–Crippen MR) is 231 cm³/mol. The molecular weight excluding hydrogens is 705 g/mol. The molecular formula is C52H44O5. The minimum Gasteiger partial charge on any atom is -0.497 e. The van der Waals surface area contributed by atoms with Crippen LogP contribution in [0.25, 0.3) is 43.4 Å². The van der Waals surface area contributed by atoms with Gasteiger partial charge in [0.05, 0.1) is 34.0 Å². The van der Waals surface area contributed by atoms with Crippen LogP contribution < -0.4 is 14.2 Å². The monoisotopic (exact) mass is 748 g/mol. The summed E-state index contributed by atoms with van der Waals surface area (Å²) in [6.07, 6.45) is 5.48. The minimum atomic E-state index is -1.05. The number of hydrogen-bond acceptors (Lipinski definition) is 5. The van der Waals surface area contributed by atoms with Gasteiger partial charge in [0.1, 0.15) is 22.8 Å². The molecule has 0 spiro atoms. The predicted octanol–water partition coefficient (Wildman–Crippen LogP) is 11.5. The van der Waals surface area contributed by atoms with Crippen molar-refractivity contribution < 1.29 is 24.1 Å². The lowest BCUT2D eigenvalue weighted by Crippen LogP contribution is -2.35. The van der Waals surface area contributed by atoms with Crippen LogP contribution >= 0.6 is 0 Å². The fourth-order valence-electron chi connectivity index (χ4n) is 8.12. The molecule has 0 saturated carbocycles. The van der Waals surface area contributed by atoms with Crippen molar-refractivity contribution >= 4 is 32.3 Å². The minimum absolute atomic E-state index is 0.181. The third kappa shape index (κ3) is 6.84. The normalized spacial score (nSPS) is 12.6. The van der Waals surface area contributed by atoms with Crippen molar-refractivity contribution in [1.82, 2.24) is 0 Å². The van der Waals surface area contributed by atoms with E-state index in [0.717, 1.165) is 77.4 Å². The summed E-state index contributed by atoms with van der Waals surface area (Å²) < 4.78 is 24.0. The molecule has 8 aromatic rings.